The number of benzene rings is 1. The van der Waals surface area contributed by atoms with Crippen molar-refractivity contribution < 1.29 is 0 Å². The van der Waals surface area contributed by atoms with Gasteiger partial charge < -0.3 is 0 Å². The summed E-state index contributed by atoms with van der Waals surface area (Å²) in [5.74, 6) is 0. The van der Waals surface area contributed by atoms with Crippen LogP contribution in [-0.4, -0.2) is 0 Å². The molecule has 1 heteroatoms. The molecular weight excluding hydrogens is 266 g/mol. The van der Waals surface area contributed by atoms with E-state index in [0.29, 0.717) is 0 Å². The van der Waals surface area contributed by atoms with Crippen molar-refractivity contribution in [2.45, 2.75) is 78.1 Å². The van der Waals surface area contributed by atoms with Gasteiger partial charge in [0, 0.05) is 0 Å². The van der Waals surface area contributed by atoms with Crippen LogP contribution >= 0.6 is 0 Å². The van der Waals surface area contributed by atoms with Gasteiger partial charge in [0.1, 0.15) is 0 Å². The van der Waals surface area contributed by atoms with E-state index < -0.39 is 0 Å². The van der Waals surface area contributed by atoms with Gasteiger partial charge in [-0.15, -0.1) is 0 Å². The van der Waals surface area contributed by atoms with Crippen LogP contribution in [0.4, 0.5) is 0 Å². The third-order valence-electron chi connectivity index (χ3n) is 6.15. The smallest absolute Gasteiger partial charge is 0.0695 e. The standard InChI is InChI=1S/C21H31N/c1-19(2,18-11-7-5-8-12-18)15-16-20(3,4)21(17-22)13-9-6-10-14-21/h5,7-8,11-12H,6,9-10,13-16H2,1-4H3. The summed E-state index contributed by atoms with van der Waals surface area (Å²) in [4.78, 5) is 0. The second-order valence-electron chi connectivity index (χ2n) is 8.39. The van der Waals surface area contributed by atoms with Crippen molar-refractivity contribution in [2.75, 3.05) is 0 Å². The molecule has 22 heavy (non-hydrogen) atoms. The molecule has 0 heterocycles. The van der Waals surface area contributed by atoms with Crippen LogP contribution in [0, 0.1) is 22.2 Å². The third kappa shape index (κ3) is 3.37. The van der Waals surface area contributed by atoms with Gasteiger partial charge in [-0.05, 0) is 42.1 Å². The summed E-state index contributed by atoms with van der Waals surface area (Å²) in [6.45, 7) is 9.31. The van der Waals surface area contributed by atoms with Crippen LogP contribution < -0.4 is 0 Å². The van der Waals surface area contributed by atoms with E-state index in [1.165, 1.54) is 24.8 Å². The monoisotopic (exact) mass is 297 g/mol. The van der Waals surface area contributed by atoms with Gasteiger partial charge in [-0.25, -0.2) is 0 Å². The van der Waals surface area contributed by atoms with E-state index in [9.17, 15) is 5.26 Å². The van der Waals surface area contributed by atoms with Crippen molar-refractivity contribution in [2.24, 2.45) is 10.8 Å². The molecule has 0 N–H and O–H groups in total. The normalized spacial score (nSPS) is 18.7. The summed E-state index contributed by atoms with van der Waals surface area (Å²) < 4.78 is 0. The molecular formula is C21H31N. The predicted octanol–water partition coefficient (Wildman–Crippen LogP) is 6.24. The average Bonchev–Trinajstić information content (AvgIpc) is 2.54. The van der Waals surface area contributed by atoms with Crippen molar-refractivity contribution >= 4 is 0 Å². The van der Waals surface area contributed by atoms with Crippen molar-refractivity contribution in [3.05, 3.63) is 35.9 Å². The highest BCUT2D eigenvalue weighted by Crippen LogP contribution is 2.52. The maximum absolute atomic E-state index is 9.87. The van der Waals surface area contributed by atoms with Crippen molar-refractivity contribution in [3.63, 3.8) is 0 Å². The van der Waals surface area contributed by atoms with Gasteiger partial charge in [0.2, 0.25) is 0 Å². The van der Waals surface area contributed by atoms with Crippen molar-refractivity contribution in [3.8, 4) is 6.07 Å². The van der Waals surface area contributed by atoms with E-state index in [2.05, 4.69) is 64.1 Å². The zero-order valence-corrected chi connectivity index (χ0v) is 14.8. The Morgan fingerprint density at radius 3 is 2.09 bits per heavy atom. The van der Waals surface area contributed by atoms with Gasteiger partial charge in [-0.1, -0.05) is 77.3 Å². The van der Waals surface area contributed by atoms with Crippen LogP contribution in [0.2, 0.25) is 0 Å². The first-order valence-electron chi connectivity index (χ1n) is 8.80. The lowest BCUT2D eigenvalue weighted by molar-refractivity contribution is 0.0665. The fourth-order valence-electron chi connectivity index (χ4n) is 3.99. The molecule has 0 bridgehead atoms. The quantitative estimate of drug-likeness (QED) is 0.630. The predicted molar refractivity (Wildman–Crippen MR) is 93.6 cm³/mol. The molecule has 1 saturated carbocycles. The Morgan fingerprint density at radius 2 is 1.55 bits per heavy atom. The molecule has 120 valence electrons. The van der Waals surface area contributed by atoms with E-state index in [1.54, 1.807) is 0 Å². The van der Waals surface area contributed by atoms with Crippen LogP contribution in [0.25, 0.3) is 0 Å². The molecule has 0 aromatic heterocycles. The number of rotatable bonds is 5. The Morgan fingerprint density at radius 1 is 0.955 bits per heavy atom. The summed E-state index contributed by atoms with van der Waals surface area (Å²) in [6, 6.07) is 13.5. The first-order valence-corrected chi connectivity index (χ1v) is 8.80. The molecule has 0 radical (unpaired) electrons. The lowest BCUT2D eigenvalue weighted by Gasteiger charge is -2.45. The minimum atomic E-state index is -0.113. The molecule has 1 fully saturated rings. The highest BCUT2D eigenvalue weighted by molar-refractivity contribution is 5.23. The molecule has 1 aliphatic rings. The molecule has 0 aliphatic heterocycles. The lowest BCUT2D eigenvalue weighted by Crippen LogP contribution is -2.39. The fraction of sp³-hybridized carbons (Fsp3) is 0.667. The van der Waals surface area contributed by atoms with Crippen molar-refractivity contribution in [1.29, 1.82) is 5.26 Å². The SMILES string of the molecule is CC(C)(CCC(C)(C)C1(C#N)CCCCC1)c1ccccc1. The molecule has 2 rings (SSSR count). The summed E-state index contributed by atoms with van der Waals surface area (Å²) in [7, 11) is 0. The van der Waals surface area contributed by atoms with Crippen LogP contribution in [0.3, 0.4) is 0 Å². The topological polar surface area (TPSA) is 23.8 Å². The first-order chi connectivity index (χ1) is 10.3. The molecule has 0 amide bonds. The van der Waals surface area contributed by atoms with Crippen molar-refractivity contribution in [1.82, 2.24) is 0 Å². The van der Waals surface area contributed by atoms with Crippen LogP contribution in [0.1, 0.15) is 78.2 Å². The minimum absolute atomic E-state index is 0.0915. The van der Waals surface area contributed by atoms with Gasteiger partial charge in [-0.2, -0.15) is 5.26 Å². The second-order valence-corrected chi connectivity index (χ2v) is 8.39. The van der Waals surface area contributed by atoms with Crippen LogP contribution in [0.15, 0.2) is 30.3 Å². The highest BCUT2D eigenvalue weighted by Gasteiger charge is 2.46. The van der Waals surface area contributed by atoms with Gasteiger partial charge >= 0.3 is 0 Å². The second kappa shape index (κ2) is 6.45. The molecule has 0 atom stereocenters. The largest absolute Gasteiger partial charge is 0.198 e. The fourth-order valence-corrected chi connectivity index (χ4v) is 3.99. The Bertz CT molecular complexity index is 513. The first kappa shape index (κ1) is 17.1. The van der Waals surface area contributed by atoms with Gasteiger partial charge in [0.25, 0.3) is 0 Å². The van der Waals surface area contributed by atoms with E-state index in [1.807, 2.05) is 0 Å². The summed E-state index contributed by atoms with van der Waals surface area (Å²) in [5.41, 5.74) is 1.55. The number of nitriles is 1. The van der Waals surface area contributed by atoms with E-state index in [0.717, 1.165) is 25.7 Å². The summed E-state index contributed by atoms with van der Waals surface area (Å²) in [5, 5.41) is 9.87. The van der Waals surface area contributed by atoms with Crippen LogP contribution in [-0.2, 0) is 5.41 Å². The molecule has 1 aromatic carbocycles. The third-order valence-corrected chi connectivity index (χ3v) is 6.15. The Labute approximate surface area is 136 Å². The summed E-state index contributed by atoms with van der Waals surface area (Å²) in [6.07, 6.45) is 8.16. The minimum Gasteiger partial charge on any atom is -0.198 e. The Kier molecular flexibility index (Phi) is 5.00. The van der Waals surface area contributed by atoms with E-state index in [-0.39, 0.29) is 16.2 Å². The highest BCUT2D eigenvalue weighted by atomic mass is 14.5. The molecule has 1 aliphatic carbocycles. The zero-order chi connectivity index (χ0) is 16.3. The zero-order valence-electron chi connectivity index (χ0n) is 14.8. The number of hydrogen-bond acceptors (Lipinski definition) is 1. The molecule has 0 unspecified atom stereocenters. The maximum Gasteiger partial charge on any atom is 0.0695 e. The van der Waals surface area contributed by atoms with Gasteiger partial charge in [0.15, 0.2) is 0 Å². The number of nitrogens with zero attached hydrogens (tertiary/aromatic N) is 1. The maximum atomic E-state index is 9.87. The average molecular weight is 297 g/mol. The Hall–Kier alpha value is -1.29. The lowest BCUT2D eigenvalue weighted by atomic mass is 9.57. The van der Waals surface area contributed by atoms with E-state index >= 15 is 0 Å². The van der Waals surface area contributed by atoms with Crippen LogP contribution in [0.5, 0.6) is 0 Å². The molecule has 1 aromatic rings. The van der Waals surface area contributed by atoms with E-state index in [4.69, 9.17) is 0 Å². The number of hydrogen-bond donors (Lipinski definition) is 0. The molecule has 1 nitrogen and oxygen atoms in total. The molecule has 0 saturated heterocycles. The summed E-state index contributed by atoms with van der Waals surface area (Å²) >= 11 is 0. The Balaban J connectivity index is 2.10. The van der Waals surface area contributed by atoms with Gasteiger partial charge in [0.05, 0.1) is 11.5 Å². The van der Waals surface area contributed by atoms with Gasteiger partial charge in [-0.3, -0.25) is 0 Å². The molecule has 0 spiro atoms.